The van der Waals surface area contributed by atoms with E-state index in [0.29, 0.717) is 24.3 Å². The predicted octanol–water partition coefficient (Wildman–Crippen LogP) is 1.39. The number of benzene rings is 1. The van der Waals surface area contributed by atoms with Crippen LogP contribution in [0.2, 0.25) is 0 Å². The molecule has 0 aliphatic carbocycles. The number of likely N-dealkylation sites (N-methyl/N-ethyl adjacent to an activating group) is 1. The molecule has 18 heavy (non-hydrogen) atoms. The van der Waals surface area contributed by atoms with Gasteiger partial charge >= 0.3 is 0 Å². The van der Waals surface area contributed by atoms with Gasteiger partial charge < -0.3 is 10.4 Å². The second kappa shape index (κ2) is 7.08. The van der Waals surface area contributed by atoms with E-state index in [9.17, 15) is 9.18 Å². The van der Waals surface area contributed by atoms with E-state index in [1.165, 1.54) is 6.07 Å². The Morgan fingerprint density at radius 1 is 1.50 bits per heavy atom. The number of nitrogens with one attached hydrogen (secondary N) is 1. The third kappa shape index (κ3) is 4.43. The van der Waals surface area contributed by atoms with Crippen molar-refractivity contribution in [3.8, 4) is 0 Å². The first kappa shape index (κ1) is 14.6. The third-order valence-electron chi connectivity index (χ3n) is 2.69. The molecule has 0 radical (unpaired) electrons. The van der Waals surface area contributed by atoms with Gasteiger partial charge in [0.05, 0.1) is 13.2 Å². The van der Waals surface area contributed by atoms with Gasteiger partial charge in [-0.2, -0.15) is 0 Å². The van der Waals surface area contributed by atoms with Crippen molar-refractivity contribution in [1.29, 1.82) is 0 Å². The van der Waals surface area contributed by atoms with Crippen LogP contribution >= 0.6 is 0 Å². The molecule has 100 valence electrons. The maximum absolute atomic E-state index is 13.3. The molecule has 0 atom stereocenters. The number of rotatable bonds is 6. The number of carbonyl (C=O) groups is 1. The van der Waals surface area contributed by atoms with Crippen LogP contribution in [0.5, 0.6) is 0 Å². The van der Waals surface area contributed by atoms with Crippen molar-refractivity contribution in [3.63, 3.8) is 0 Å². The maximum atomic E-state index is 13.3. The molecule has 5 heteroatoms. The lowest BCUT2D eigenvalue weighted by Gasteiger charge is -2.18. The van der Waals surface area contributed by atoms with Gasteiger partial charge in [0.1, 0.15) is 5.82 Å². The van der Waals surface area contributed by atoms with E-state index in [1.807, 2.05) is 6.92 Å². The number of anilines is 1. The summed E-state index contributed by atoms with van der Waals surface area (Å²) in [5, 5.41) is 11.4. The lowest BCUT2D eigenvalue weighted by atomic mass is 10.2. The number of aliphatic hydroxyl groups excluding tert-OH is 1. The standard InChI is InChI=1S/C13H19FN2O2/c1-3-16(6-7-17)9-13(18)15-11-5-4-10(2)12(14)8-11/h4-5,8,17H,3,6-7,9H2,1-2H3,(H,15,18). The number of aryl methyl sites for hydroxylation is 1. The highest BCUT2D eigenvalue weighted by Crippen LogP contribution is 2.13. The number of aliphatic hydroxyl groups is 1. The molecule has 0 unspecified atom stereocenters. The molecule has 0 spiro atoms. The van der Waals surface area contributed by atoms with Crippen LogP contribution in [0.25, 0.3) is 0 Å². The summed E-state index contributed by atoms with van der Waals surface area (Å²) in [5.41, 5.74) is 0.992. The second-order valence-corrected chi connectivity index (χ2v) is 4.10. The van der Waals surface area contributed by atoms with Gasteiger partial charge in [-0.25, -0.2) is 4.39 Å². The number of carbonyl (C=O) groups excluding carboxylic acids is 1. The molecule has 2 N–H and O–H groups in total. The molecule has 4 nitrogen and oxygen atoms in total. The molecule has 1 rings (SSSR count). The Morgan fingerprint density at radius 2 is 2.22 bits per heavy atom. The highest BCUT2D eigenvalue weighted by molar-refractivity contribution is 5.92. The highest BCUT2D eigenvalue weighted by Gasteiger charge is 2.09. The van der Waals surface area contributed by atoms with E-state index < -0.39 is 0 Å². The average Bonchev–Trinajstić information content (AvgIpc) is 2.33. The number of halogens is 1. The lowest BCUT2D eigenvalue weighted by molar-refractivity contribution is -0.117. The Hall–Kier alpha value is -1.46. The molecular formula is C13H19FN2O2. The van der Waals surface area contributed by atoms with Crippen molar-refractivity contribution in [2.75, 3.05) is 31.6 Å². The molecule has 0 saturated heterocycles. The molecule has 0 fully saturated rings. The minimum atomic E-state index is -0.337. The zero-order valence-electron chi connectivity index (χ0n) is 10.7. The van der Waals surface area contributed by atoms with Gasteiger partial charge in [-0.05, 0) is 31.2 Å². The van der Waals surface area contributed by atoms with Crippen LogP contribution < -0.4 is 5.32 Å². The van der Waals surface area contributed by atoms with Crippen LogP contribution in [0.1, 0.15) is 12.5 Å². The Kier molecular flexibility index (Phi) is 5.74. The van der Waals surface area contributed by atoms with Gasteiger partial charge in [-0.3, -0.25) is 9.69 Å². The summed E-state index contributed by atoms with van der Waals surface area (Å²) in [5.74, 6) is -0.552. The minimum Gasteiger partial charge on any atom is -0.395 e. The highest BCUT2D eigenvalue weighted by atomic mass is 19.1. The summed E-state index contributed by atoms with van der Waals surface area (Å²) in [6.45, 7) is 4.91. The van der Waals surface area contributed by atoms with E-state index in [4.69, 9.17) is 5.11 Å². The summed E-state index contributed by atoms with van der Waals surface area (Å²) in [7, 11) is 0. The number of hydrogen-bond donors (Lipinski definition) is 2. The van der Waals surface area contributed by atoms with Crippen LogP contribution in [0.15, 0.2) is 18.2 Å². The van der Waals surface area contributed by atoms with E-state index in [1.54, 1.807) is 24.0 Å². The van der Waals surface area contributed by atoms with Crippen molar-refractivity contribution < 1.29 is 14.3 Å². The molecule has 0 aliphatic rings. The smallest absolute Gasteiger partial charge is 0.238 e. The monoisotopic (exact) mass is 254 g/mol. The third-order valence-corrected chi connectivity index (χ3v) is 2.69. The topological polar surface area (TPSA) is 52.6 Å². The number of nitrogens with zero attached hydrogens (tertiary/aromatic N) is 1. The fourth-order valence-electron chi connectivity index (χ4n) is 1.56. The fourth-order valence-corrected chi connectivity index (χ4v) is 1.56. The van der Waals surface area contributed by atoms with Gasteiger partial charge in [0.2, 0.25) is 5.91 Å². The Morgan fingerprint density at radius 3 is 2.78 bits per heavy atom. The lowest BCUT2D eigenvalue weighted by Crippen LogP contribution is -2.35. The van der Waals surface area contributed by atoms with E-state index >= 15 is 0 Å². The molecule has 0 heterocycles. The first-order chi connectivity index (χ1) is 8.56. The zero-order valence-corrected chi connectivity index (χ0v) is 10.7. The van der Waals surface area contributed by atoms with Crippen LogP contribution in [-0.2, 0) is 4.79 Å². The SMILES string of the molecule is CCN(CCO)CC(=O)Nc1ccc(C)c(F)c1. The summed E-state index contributed by atoms with van der Waals surface area (Å²) in [6.07, 6.45) is 0. The molecule has 0 aromatic heterocycles. The van der Waals surface area contributed by atoms with E-state index in [-0.39, 0.29) is 24.9 Å². The van der Waals surface area contributed by atoms with Crippen molar-refractivity contribution in [3.05, 3.63) is 29.6 Å². The van der Waals surface area contributed by atoms with Crippen molar-refractivity contribution in [2.45, 2.75) is 13.8 Å². The summed E-state index contributed by atoms with van der Waals surface area (Å²) < 4.78 is 13.3. The number of hydrogen-bond acceptors (Lipinski definition) is 3. The van der Waals surface area contributed by atoms with Gasteiger partial charge in [-0.1, -0.05) is 13.0 Å². The van der Waals surface area contributed by atoms with Crippen molar-refractivity contribution >= 4 is 11.6 Å². The van der Waals surface area contributed by atoms with Crippen LogP contribution in [-0.4, -0.2) is 42.2 Å². The van der Waals surface area contributed by atoms with Crippen molar-refractivity contribution in [2.24, 2.45) is 0 Å². The van der Waals surface area contributed by atoms with Crippen LogP contribution in [0, 0.1) is 12.7 Å². The van der Waals surface area contributed by atoms with E-state index in [0.717, 1.165) is 0 Å². The predicted molar refractivity (Wildman–Crippen MR) is 69.0 cm³/mol. The van der Waals surface area contributed by atoms with Crippen molar-refractivity contribution in [1.82, 2.24) is 4.90 Å². The summed E-state index contributed by atoms with van der Waals surface area (Å²) in [4.78, 5) is 13.5. The Balaban J connectivity index is 2.55. The molecule has 1 amide bonds. The first-order valence-electron chi connectivity index (χ1n) is 5.96. The molecule has 0 saturated carbocycles. The minimum absolute atomic E-state index is 0.0142. The molecule has 0 bridgehead atoms. The Labute approximate surface area is 106 Å². The number of amides is 1. The fraction of sp³-hybridized carbons (Fsp3) is 0.462. The first-order valence-corrected chi connectivity index (χ1v) is 5.96. The van der Waals surface area contributed by atoms with Crippen LogP contribution in [0.4, 0.5) is 10.1 Å². The second-order valence-electron chi connectivity index (χ2n) is 4.10. The van der Waals surface area contributed by atoms with Gasteiger partial charge in [0.15, 0.2) is 0 Å². The van der Waals surface area contributed by atoms with Gasteiger partial charge in [0.25, 0.3) is 0 Å². The van der Waals surface area contributed by atoms with E-state index in [2.05, 4.69) is 5.32 Å². The molecule has 0 aliphatic heterocycles. The quantitative estimate of drug-likeness (QED) is 0.806. The average molecular weight is 254 g/mol. The maximum Gasteiger partial charge on any atom is 0.238 e. The zero-order chi connectivity index (χ0) is 13.5. The Bertz CT molecular complexity index is 410. The van der Waals surface area contributed by atoms with Gasteiger partial charge in [0, 0.05) is 12.2 Å². The normalized spacial score (nSPS) is 10.7. The van der Waals surface area contributed by atoms with Crippen LogP contribution in [0.3, 0.4) is 0 Å². The molecular weight excluding hydrogens is 235 g/mol. The molecule has 1 aromatic rings. The van der Waals surface area contributed by atoms with Gasteiger partial charge in [-0.15, -0.1) is 0 Å². The summed E-state index contributed by atoms with van der Waals surface area (Å²) >= 11 is 0. The molecule has 1 aromatic carbocycles. The summed E-state index contributed by atoms with van der Waals surface area (Å²) in [6, 6.07) is 4.59. The largest absolute Gasteiger partial charge is 0.395 e.